The Balaban J connectivity index is 2.72. The molecule has 0 amide bonds. The van der Waals surface area contributed by atoms with Crippen LogP contribution in [0.4, 0.5) is 0 Å². The fourth-order valence-electron chi connectivity index (χ4n) is 3.91. The summed E-state index contributed by atoms with van der Waals surface area (Å²) < 4.78 is 0. The molecule has 0 spiro atoms. The average molecular weight is 335 g/mol. The minimum absolute atomic E-state index is 0.0332. The van der Waals surface area contributed by atoms with Crippen molar-refractivity contribution in [2.45, 2.75) is 106 Å². The molecule has 1 heteroatoms. The van der Waals surface area contributed by atoms with Gasteiger partial charge >= 0.3 is 0 Å². The Morgan fingerprint density at radius 1 is 0.917 bits per heavy atom. The van der Waals surface area contributed by atoms with Crippen molar-refractivity contribution >= 4 is 0 Å². The number of unbranched alkanes of at least 4 members (excludes halogenated alkanes) is 6. The summed E-state index contributed by atoms with van der Waals surface area (Å²) in [4.78, 5) is 0. The van der Waals surface area contributed by atoms with Crippen LogP contribution in [-0.2, 0) is 0 Å². The monoisotopic (exact) mass is 334 g/mol. The third kappa shape index (κ3) is 5.67. The van der Waals surface area contributed by atoms with Crippen LogP contribution in [0.15, 0.2) is 23.5 Å². The lowest BCUT2D eigenvalue weighted by molar-refractivity contribution is 0.114. The Kier molecular flexibility index (Phi) is 7.63. The van der Waals surface area contributed by atoms with E-state index in [0.29, 0.717) is 5.76 Å². The van der Waals surface area contributed by atoms with E-state index in [1.165, 1.54) is 56.9 Å². The van der Waals surface area contributed by atoms with E-state index >= 15 is 0 Å². The van der Waals surface area contributed by atoms with E-state index in [4.69, 9.17) is 0 Å². The zero-order valence-electron chi connectivity index (χ0n) is 17.5. The van der Waals surface area contributed by atoms with E-state index in [1.807, 2.05) is 6.08 Å². The Labute approximate surface area is 151 Å². The highest BCUT2D eigenvalue weighted by atomic mass is 16.3. The van der Waals surface area contributed by atoms with E-state index in [1.54, 1.807) is 0 Å². The normalized spacial score (nSPS) is 22.3. The van der Waals surface area contributed by atoms with E-state index in [9.17, 15) is 5.11 Å². The standard InChI is InChI=1S/C23H42O/c1-8-9-10-11-12-13-14-16-23(22(5,6)7)17-15-20(24)19(18-23)21(2,3)4/h15,17,24H,8-14,16,18H2,1-7H3. The van der Waals surface area contributed by atoms with Gasteiger partial charge in [-0.2, -0.15) is 0 Å². The van der Waals surface area contributed by atoms with E-state index in [2.05, 4.69) is 54.5 Å². The van der Waals surface area contributed by atoms with Gasteiger partial charge in [-0.15, -0.1) is 0 Å². The van der Waals surface area contributed by atoms with Gasteiger partial charge in [-0.05, 0) is 40.7 Å². The summed E-state index contributed by atoms with van der Waals surface area (Å²) in [5.74, 6) is 0.502. The van der Waals surface area contributed by atoms with Crippen molar-refractivity contribution in [2.75, 3.05) is 0 Å². The molecule has 1 nitrogen and oxygen atoms in total. The third-order valence-electron chi connectivity index (χ3n) is 5.99. The maximum Gasteiger partial charge on any atom is 0.115 e. The van der Waals surface area contributed by atoms with Gasteiger partial charge in [-0.1, -0.05) is 99.5 Å². The Hall–Kier alpha value is -0.720. The summed E-state index contributed by atoms with van der Waals surface area (Å²) >= 11 is 0. The first-order chi connectivity index (χ1) is 11.0. The SMILES string of the molecule is CCCCCCCCCC1(C(C)(C)C)C=CC(O)=C(C(C)(C)C)C1. The molecular formula is C23H42O. The molecule has 1 unspecified atom stereocenters. The number of aliphatic hydroxyl groups is 1. The summed E-state index contributed by atoms with van der Waals surface area (Å²) in [5, 5.41) is 10.4. The Bertz CT molecular complexity index is 442. The van der Waals surface area contributed by atoms with Gasteiger partial charge in [0, 0.05) is 0 Å². The molecule has 1 N–H and O–H groups in total. The maximum absolute atomic E-state index is 10.4. The fourth-order valence-corrected chi connectivity index (χ4v) is 3.91. The summed E-state index contributed by atoms with van der Waals surface area (Å²) in [5.41, 5.74) is 1.64. The highest BCUT2D eigenvalue weighted by molar-refractivity contribution is 5.33. The molecule has 24 heavy (non-hydrogen) atoms. The van der Waals surface area contributed by atoms with Crippen LogP contribution in [0.3, 0.4) is 0 Å². The van der Waals surface area contributed by atoms with Gasteiger partial charge in [-0.25, -0.2) is 0 Å². The van der Waals surface area contributed by atoms with Gasteiger partial charge in [0.2, 0.25) is 0 Å². The maximum atomic E-state index is 10.4. The Morgan fingerprint density at radius 2 is 1.46 bits per heavy atom. The predicted molar refractivity (Wildman–Crippen MR) is 107 cm³/mol. The molecule has 0 saturated carbocycles. The van der Waals surface area contributed by atoms with Gasteiger partial charge < -0.3 is 5.11 Å². The van der Waals surface area contributed by atoms with Crippen molar-refractivity contribution in [1.82, 2.24) is 0 Å². The molecule has 1 atom stereocenters. The molecule has 1 rings (SSSR count). The van der Waals surface area contributed by atoms with Crippen LogP contribution in [0.5, 0.6) is 0 Å². The van der Waals surface area contributed by atoms with Crippen molar-refractivity contribution in [2.24, 2.45) is 16.2 Å². The first-order valence-corrected chi connectivity index (χ1v) is 10.2. The minimum Gasteiger partial charge on any atom is -0.508 e. The molecule has 0 aromatic carbocycles. The highest BCUT2D eigenvalue weighted by Crippen LogP contribution is 2.53. The van der Waals surface area contributed by atoms with Crippen molar-refractivity contribution in [3.8, 4) is 0 Å². The summed E-state index contributed by atoms with van der Waals surface area (Å²) in [6, 6.07) is 0. The van der Waals surface area contributed by atoms with Crippen molar-refractivity contribution in [1.29, 1.82) is 0 Å². The second-order valence-electron chi connectivity index (χ2n) is 9.90. The number of rotatable bonds is 8. The lowest BCUT2D eigenvalue weighted by atomic mass is 9.57. The lowest BCUT2D eigenvalue weighted by Crippen LogP contribution is -2.37. The number of hydrogen-bond acceptors (Lipinski definition) is 1. The molecule has 0 saturated heterocycles. The van der Waals surface area contributed by atoms with E-state index in [-0.39, 0.29) is 16.2 Å². The molecular weight excluding hydrogens is 292 g/mol. The molecule has 140 valence electrons. The summed E-state index contributed by atoms with van der Waals surface area (Å²) in [6.45, 7) is 16.0. The Morgan fingerprint density at radius 3 is 1.96 bits per heavy atom. The predicted octanol–water partition coefficient (Wildman–Crippen LogP) is 7.98. The number of aliphatic hydroxyl groups excluding tert-OH is 1. The molecule has 0 bridgehead atoms. The van der Waals surface area contributed by atoms with Crippen LogP contribution in [0.2, 0.25) is 0 Å². The van der Waals surface area contributed by atoms with Gasteiger partial charge in [0.05, 0.1) is 0 Å². The van der Waals surface area contributed by atoms with Crippen LogP contribution < -0.4 is 0 Å². The molecule has 0 aromatic heterocycles. The van der Waals surface area contributed by atoms with Crippen LogP contribution >= 0.6 is 0 Å². The van der Waals surface area contributed by atoms with Crippen molar-refractivity contribution < 1.29 is 5.11 Å². The van der Waals surface area contributed by atoms with E-state index < -0.39 is 0 Å². The molecule has 0 heterocycles. The quantitative estimate of drug-likeness (QED) is 0.446. The zero-order valence-corrected chi connectivity index (χ0v) is 17.5. The molecule has 0 radical (unpaired) electrons. The van der Waals surface area contributed by atoms with Crippen LogP contribution in [-0.4, -0.2) is 5.11 Å². The average Bonchev–Trinajstić information content (AvgIpc) is 2.45. The fraction of sp³-hybridized carbons (Fsp3) is 0.826. The molecule has 0 aromatic rings. The zero-order chi connectivity index (χ0) is 18.4. The van der Waals surface area contributed by atoms with Gasteiger partial charge in [0.1, 0.15) is 5.76 Å². The smallest absolute Gasteiger partial charge is 0.115 e. The topological polar surface area (TPSA) is 20.2 Å². The molecule has 0 aliphatic heterocycles. The van der Waals surface area contributed by atoms with Gasteiger partial charge in [-0.3, -0.25) is 0 Å². The number of hydrogen-bond donors (Lipinski definition) is 1. The third-order valence-corrected chi connectivity index (χ3v) is 5.99. The van der Waals surface area contributed by atoms with Crippen LogP contribution in [0, 0.1) is 16.2 Å². The first-order valence-electron chi connectivity index (χ1n) is 10.2. The van der Waals surface area contributed by atoms with Gasteiger partial charge in [0.25, 0.3) is 0 Å². The van der Waals surface area contributed by atoms with Crippen molar-refractivity contribution in [3.63, 3.8) is 0 Å². The summed E-state index contributed by atoms with van der Waals surface area (Å²) in [6.07, 6.45) is 16.0. The molecule has 0 fully saturated rings. The van der Waals surface area contributed by atoms with Gasteiger partial charge in [0.15, 0.2) is 0 Å². The second-order valence-corrected chi connectivity index (χ2v) is 9.90. The largest absolute Gasteiger partial charge is 0.508 e. The highest BCUT2D eigenvalue weighted by Gasteiger charge is 2.43. The first kappa shape index (κ1) is 21.3. The summed E-state index contributed by atoms with van der Waals surface area (Å²) in [7, 11) is 0. The van der Waals surface area contributed by atoms with Crippen molar-refractivity contribution in [3.05, 3.63) is 23.5 Å². The minimum atomic E-state index is 0.0332. The van der Waals surface area contributed by atoms with Crippen LogP contribution in [0.1, 0.15) is 106 Å². The second kappa shape index (κ2) is 8.59. The van der Waals surface area contributed by atoms with Crippen LogP contribution in [0.25, 0.3) is 0 Å². The van der Waals surface area contributed by atoms with E-state index in [0.717, 1.165) is 6.42 Å². The molecule has 1 aliphatic carbocycles. The number of allylic oxidation sites excluding steroid dienone is 3. The molecule has 1 aliphatic rings. The lowest BCUT2D eigenvalue weighted by Gasteiger charge is -2.47.